The number of carbonyl (C=O) groups excluding carboxylic acids is 1. The van der Waals surface area contributed by atoms with E-state index in [2.05, 4.69) is 47.5 Å². The SMILES string of the molecule is Cc1ccc([C@@H](CN2CCOCC2)NC(=O)COc2cc(C)cc(C)c2)cc1. The molecule has 1 heterocycles. The molecule has 2 aromatic carbocycles. The molecule has 0 aromatic heterocycles. The zero-order valence-corrected chi connectivity index (χ0v) is 17.0. The van der Waals surface area contributed by atoms with Crippen LogP contribution in [0.5, 0.6) is 5.75 Å². The lowest BCUT2D eigenvalue weighted by atomic mass is 10.0. The molecule has 0 aliphatic carbocycles. The molecule has 1 amide bonds. The lowest BCUT2D eigenvalue weighted by Crippen LogP contribution is -2.44. The summed E-state index contributed by atoms with van der Waals surface area (Å²) < 4.78 is 11.2. The Kier molecular flexibility index (Phi) is 7.06. The van der Waals surface area contributed by atoms with Gasteiger partial charge in [-0.1, -0.05) is 35.9 Å². The summed E-state index contributed by atoms with van der Waals surface area (Å²) in [6, 6.07) is 14.3. The number of aryl methyl sites for hydroxylation is 3. The van der Waals surface area contributed by atoms with Crippen molar-refractivity contribution in [2.24, 2.45) is 0 Å². The summed E-state index contributed by atoms with van der Waals surface area (Å²) in [5.74, 6) is 0.616. The van der Waals surface area contributed by atoms with Crippen molar-refractivity contribution >= 4 is 5.91 Å². The number of rotatable bonds is 7. The van der Waals surface area contributed by atoms with Gasteiger partial charge in [0.15, 0.2) is 6.61 Å². The first-order chi connectivity index (χ1) is 13.5. The van der Waals surface area contributed by atoms with Gasteiger partial charge in [0, 0.05) is 19.6 Å². The van der Waals surface area contributed by atoms with E-state index in [-0.39, 0.29) is 18.6 Å². The van der Waals surface area contributed by atoms with Crippen molar-refractivity contribution in [1.82, 2.24) is 10.2 Å². The van der Waals surface area contributed by atoms with Gasteiger partial charge >= 0.3 is 0 Å². The third-order valence-corrected chi connectivity index (χ3v) is 4.92. The summed E-state index contributed by atoms with van der Waals surface area (Å²) in [6.45, 7) is 10.1. The van der Waals surface area contributed by atoms with Gasteiger partial charge in [-0.05, 0) is 49.6 Å². The van der Waals surface area contributed by atoms with Gasteiger partial charge in [-0.2, -0.15) is 0 Å². The zero-order chi connectivity index (χ0) is 19.9. The second-order valence-corrected chi connectivity index (χ2v) is 7.56. The molecule has 2 aromatic rings. The van der Waals surface area contributed by atoms with Crippen LogP contribution in [-0.4, -0.2) is 50.3 Å². The fourth-order valence-corrected chi connectivity index (χ4v) is 3.48. The molecule has 1 atom stereocenters. The van der Waals surface area contributed by atoms with Gasteiger partial charge < -0.3 is 14.8 Å². The number of ether oxygens (including phenoxy) is 2. The predicted octanol–water partition coefficient (Wildman–Crippen LogP) is 3.18. The molecule has 1 fully saturated rings. The maximum atomic E-state index is 12.6. The second-order valence-electron chi connectivity index (χ2n) is 7.56. The molecule has 0 bridgehead atoms. The van der Waals surface area contributed by atoms with Crippen LogP contribution in [0.4, 0.5) is 0 Å². The van der Waals surface area contributed by atoms with Crippen LogP contribution < -0.4 is 10.1 Å². The number of amides is 1. The lowest BCUT2D eigenvalue weighted by Gasteiger charge is -2.31. The first kappa shape index (κ1) is 20.4. The Morgan fingerprint density at radius 2 is 1.68 bits per heavy atom. The molecular formula is C23H30N2O3. The average Bonchev–Trinajstić information content (AvgIpc) is 2.67. The van der Waals surface area contributed by atoms with Crippen LogP contribution in [0.3, 0.4) is 0 Å². The molecule has 1 aliphatic rings. The Morgan fingerprint density at radius 3 is 2.32 bits per heavy atom. The summed E-state index contributed by atoms with van der Waals surface area (Å²) in [4.78, 5) is 14.9. The molecule has 1 aliphatic heterocycles. The Labute approximate surface area is 167 Å². The van der Waals surface area contributed by atoms with Crippen molar-refractivity contribution in [2.75, 3.05) is 39.5 Å². The van der Waals surface area contributed by atoms with Crippen LogP contribution in [0.25, 0.3) is 0 Å². The van der Waals surface area contributed by atoms with Gasteiger partial charge in [0.2, 0.25) is 0 Å². The van der Waals surface area contributed by atoms with E-state index in [1.807, 2.05) is 26.0 Å². The molecule has 28 heavy (non-hydrogen) atoms. The molecule has 5 heteroatoms. The fraction of sp³-hybridized carbons (Fsp3) is 0.435. The number of hydrogen-bond donors (Lipinski definition) is 1. The van der Waals surface area contributed by atoms with E-state index in [9.17, 15) is 4.79 Å². The molecule has 0 radical (unpaired) electrons. The molecular weight excluding hydrogens is 352 g/mol. The Hall–Kier alpha value is -2.37. The third-order valence-electron chi connectivity index (χ3n) is 4.92. The minimum absolute atomic E-state index is 0.00830. The van der Waals surface area contributed by atoms with Crippen LogP contribution in [0, 0.1) is 20.8 Å². The molecule has 150 valence electrons. The van der Waals surface area contributed by atoms with E-state index >= 15 is 0 Å². The lowest BCUT2D eigenvalue weighted by molar-refractivity contribution is -0.124. The predicted molar refractivity (Wildman–Crippen MR) is 111 cm³/mol. The zero-order valence-electron chi connectivity index (χ0n) is 17.0. The number of nitrogens with zero attached hydrogens (tertiary/aromatic N) is 1. The summed E-state index contributed by atoms with van der Waals surface area (Å²) in [7, 11) is 0. The Balaban J connectivity index is 1.63. The van der Waals surface area contributed by atoms with Crippen molar-refractivity contribution in [1.29, 1.82) is 0 Å². The normalized spacial score (nSPS) is 15.8. The molecule has 0 unspecified atom stereocenters. The third kappa shape index (κ3) is 6.08. The largest absolute Gasteiger partial charge is 0.484 e. The highest BCUT2D eigenvalue weighted by Crippen LogP contribution is 2.18. The number of morpholine rings is 1. The van der Waals surface area contributed by atoms with E-state index in [1.54, 1.807) is 0 Å². The number of hydrogen-bond acceptors (Lipinski definition) is 4. The molecule has 5 nitrogen and oxygen atoms in total. The van der Waals surface area contributed by atoms with E-state index < -0.39 is 0 Å². The average molecular weight is 383 g/mol. The molecule has 1 N–H and O–H groups in total. The van der Waals surface area contributed by atoms with Crippen LogP contribution in [0.15, 0.2) is 42.5 Å². The first-order valence-corrected chi connectivity index (χ1v) is 9.87. The van der Waals surface area contributed by atoms with Crippen molar-refractivity contribution < 1.29 is 14.3 Å². The van der Waals surface area contributed by atoms with Gasteiger partial charge in [0.05, 0.1) is 19.3 Å². The first-order valence-electron chi connectivity index (χ1n) is 9.87. The van der Waals surface area contributed by atoms with Crippen molar-refractivity contribution in [2.45, 2.75) is 26.8 Å². The van der Waals surface area contributed by atoms with E-state index in [0.29, 0.717) is 0 Å². The number of nitrogens with one attached hydrogen (secondary N) is 1. The standard InChI is InChI=1S/C23H30N2O3/c1-17-4-6-20(7-5-17)22(15-25-8-10-27-11-9-25)24-23(26)16-28-21-13-18(2)12-19(3)14-21/h4-7,12-14,22H,8-11,15-16H2,1-3H3,(H,24,26)/t22-/m1/s1. The van der Waals surface area contributed by atoms with Crippen molar-refractivity contribution in [3.8, 4) is 5.75 Å². The van der Waals surface area contributed by atoms with Crippen LogP contribution in [0.2, 0.25) is 0 Å². The van der Waals surface area contributed by atoms with Crippen LogP contribution >= 0.6 is 0 Å². The van der Waals surface area contributed by atoms with E-state index in [0.717, 1.165) is 55.3 Å². The number of carbonyl (C=O) groups is 1. The number of benzene rings is 2. The summed E-state index contributed by atoms with van der Waals surface area (Å²) in [5.41, 5.74) is 4.57. The van der Waals surface area contributed by atoms with Gasteiger partial charge in [0.25, 0.3) is 5.91 Å². The molecule has 1 saturated heterocycles. The van der Waals surface area contributed by atoms with Crippen molar-refractivity contribution in [3.05, 3.63) is 64.7 Å². The van der Waals surface area contributed by atoms with Crippen molar-refractivity contribution in [3.63, 3.8) is 0 Å². The van der Waals surface area contributed by atoms with E-state index in [1.165, 1.54) is 5.56 Å². The highest BCUT2D eigenvalue weighted by atomic mass is 16.5. The molecule has 0 saturated carbocycles. The highest BCUT2D eigenvalue weighted by molar-refractivity contribution is 5.78. The van der Waals surface area contributed by atoms with Crippen LogP contribution in [0.1, 0.15) is 28.3 Å². The van der Waals surface area contributed by atoms with Gasteiger partial charge in [-0.25, -0.2) is 0 Å². The van der Waals surface area contributed by atoms with Gasteiger partial charge in [-0.3, -0.25) is 9.69 Å². The molecule has 0 spiro atoms. The fourth-order valence-electron chi connectivity index (χ4n) is 3.48. The summed E-state index contributed by atoms with van der Waals surface area (Å²) in [5, 5.41) is 3.15. The Bertz CT molecular complexity index is 763. The monoisotopic (exact) mass is 382 g/mol. The second kappa shape index (κ2) is 9.71. The summed E-state index contributed by atoms with van der Waals surface area (Å²) >= 11 is 0. The Morgan fingerprint density at radius 1 is 1.04 bits per heavy atom. The van der Waals surface area contributed by atoms with E-state index in [4.69, 9.17) is 9.47 Å². The quantitative estimate of drug-likeness (QED) is 0.799. The topological polar surface area (TPSA) is 50.8 Å². The molecule has 3 rings (SSSR count). The highest BCUT2D eigenvalue weighted by Gasteiger charge is 2.20. The summed E-state index contributed by atoms with van der Waals surface area (Å²) in [6.07, 6.45) is 0. The minimum Gasteiger partial charge on any atom is -0.484 e. The van der Waals surface area contributed by atoms with Gasteiger partial charge in [-0.15, -0.1) is 0 Å². The maximum absolute atomic E-state index is 12.6. The van der Waals surface area contributed by atoms with Gasteiger partial charge in [0.1, 0.15) is 5.75 Å². The smallest absolute Gasteiger partial charge is 0.258 e. The minimum atomic E-state index is -0.113. The van der Waals surface area contributed by atoms with Crippen LogP contribution in [-0.2, 0) is 9.53 Å². The maximum Gasteiger partial charge on any atom is 0.258 e.